The third-order valence-corrected chi connectivity index (χ3v) is 4.36. The lowest BCUT2D eigenvalue weighted by molar-refractivity contribution is 0.108. The monoisotopic (exact) mass is 339 g/mol. The van der Waals surface area contributed by atoms with E-state index in [2.05, 4.69) is 0 Å². The smallest absolute Gasteiger partial charge is 0.253 e. The molecule has 0 aliphatic carbocycles. The van der Waals surface area contributed by atoms with Crippen molar-refractivity contribution in [1.29, 1.82) is 0 Å². The maximum absolute atomic E-state index is 11.9. The van der Waals surface area contributed by atoms with Gasteiger partial charge in [0.15, 0.2) is 0 Å². The van der Waals surface area contributed by atoms with Gasteiger partial charge < -0.3 is 4.74 Å². The van der Waals surface area contributed by atoms with Crippen LogP contribution in [-0.4, -0.2) is 16.8 Å². The molecule has 3 nitrogen and oxygen atoms in total. The number of rotatable bonds is 4. The average Bonchev–Trinajstić information content (AvgIpc) is 2.58. The minimum Gasteiger partial charge on any atom is -0.494 e. The lowest BCUT2D eigenvalue weighted by atomic mass is 10.00. The Balaban J connectivity index is 2.27. The third-order valence-electron chi connectivity index (χ3n) is 4.16. The zero-order valence-electron chi connectivity index (χ0n) is 13.9. The Bertz CT molecular complexity index is 934. The summed E-state index contributed by atoms with van der Waals surface area (Å²) in [7, 11) is 0. The first-order valence-corrected chi connectivity index (χ1v) is 8.23. The molecule has 0 aliphatic rings. The SMILES string of the molecule is CCOc1cccc(-c2cc(C(=O)Cl)c3ccc(C)c(C)c3n2)c1. The van der Waals surface area contributed by atoms with Crippen LogP contribution >= 0.6 is 11.6 Å². The van der Waals surface area contributed by atoms with Crippen molar-refractivity contribution in [1.82, 2.24) is 4.98 Å². The number of carbonyl (C=O) groups is 1. The highest BCUT2D eigenvalue weighted by atomic mass is 35.5. The van der Waals surface area contributed by atoms with Gasteiger partial charge in [-0.15, -0.1) is 0 Å². The van der Waals surface area contributed by atoms with Crippen LogP contribution in [0.3, 0.4) is 0 Å². The highest BCUT2D eigenvalue weighted by Gasteiger charge is 2.14. The minimum atomic E-state index is -0.479. The van der Waals surface area contributed by atoms with Crippen molar-refractivity contribution < 1.29 is 9.53 Å². The predicted octanol–water partition coefficient (Wildman–Crippen LogP) is 5.30. The summed E-state index contributed by atoms with van der Waals surface area (Å²) in [6, 6.07) is 13.3. The van der Waals surface area contributed by atoms with Gasteiger partial charge in [0.25, 0.3) is 5.24 Å². The first-order chi connectivity index (χ1) is 11.5. The van der Waals surface area contributed by atoms with E-state index in [4.69, 9.17) is 21.3 Å². The molecular formula is C20H18ClNO2. The van der Waals surface area contributed by atoms with Gasteiger partial charge in [-0.25, -0.2) is 4.98 Å². The minimum absolute atomic E-state index is 0.474. The second-order valence-corrected chi connectivity index (χ2v) is 6.04. The van der Waals surface area contributed by atoms with E-state index in [0.29, 0.717) is 17.9 Å². The van der Waals surface area contributed by atoms with Gasteiger partial charge in [0.05, 0.1) is 17.8 Å². The maximum atomic E-state index is 11.9. The molecule has 3 rings (SSSR count). The molecule has 1 heterocycles. The van der Waals surface area contributed by atoms with Crippen molar-refractivity contribution in [2.24, 2.45) is 0 Å². The van der Waals surface area contributed by atoms with Crippen LogP contribution in [-0.2, 0) is 0 Å². The maximum Gasteiger partial charge on any atom is 0.253 e. The molecule has 0 amide bonds. The summed E-state index contributed by atoms with van der Waals surface area (Å²) in [5, 5.41) is 0.302. The van der Waals surface area contributed by atoms with E-state index >= 15 is 0 Å². The number of benzene rings is 2. The van der Waals surface area contributed by atoms with E-state index in [9.17, 15) is 4.79 Å². The zero-order chi connectivity index (χ0) is 17.3. The Kier molecular flexibility index (Phi) is 4.54. The first kappa shape index (κ1) is 16.5. The molecule has 0 atom stereocenters. The fraction of sp³-hybridized carbons (Fsp3) is 0.200. The zero-order valence-corrected chi connectivity index (χ0v) is 14.6. The van der Waals surface area contributed by atoms with Crippen LogP contribution in [0, 0.1) is 13.8 Å². The molecule has 0 aliphatic heterocycles. The number of hydrogen-bond donors (Lipinski definition) is 0. The van der Waals surface area contributed by atoms with Crippen LogP contribution in [0.15, 0.2) is 42.5 Å². The number of nitrogens with zero attached hydrogens (tertiary/aromatic N) is 1. The summed E-state index contributed by atoms with van der Waals surface area (Å²) in [6.07, 6.45) is 0. The van der Waals surface area contributed by atoms with Gasteiger partial charge in [-0.05, 0) is 61.7 Å². The van der Waals surface area contributed by atoms with Crippen molar-refractivity contribution in [3.63, 3.8) is 0 Å². The topological polar surface area (TPSA) is 39.2 Å². The van der Waals surface area contributed by atoms with Gasteiger partial charge in [-0.1, -0.05) is 24.3 Å². The molecule has 3 aromatic rings. The highest BCUT2D eigenvalue weighted by molar-refractivity contribution is 6.68. The Morgan fingerprint density at radius 2 is 1.96 bits per heavy atom. The number of hydrogen-bond acceptors (Lipinski definition) is 3. The Morgan fingerprint density at radius 3 is 2.67 bits per heavy atom. The van der Waals surface area contributed by atoms with Gasteiger partial charge in [0.1, 0.15) is 5.75 Å². The summed E-state index contributed by atoms with van der Waals surface area (Å²) in [4.78, 5) is 16.7. The molecule has 1 aromatic heterocycles. The van der Waals surface area contributed by atoms with E-state index in [1.165, 1.54) is 0 Å². The molecule has 0 N–H and O–H groups in total. The molecule has 0 saturated carbocycles. The molecule has 0 unspecified atom stereocenters. The molecule has 0 saturated heterocycles. The molecule has 122 valence electrons. The lowest BCUT2D eigenvalue weighted by Gasteiger charge is -2.11. The average molecular weight is 340 g/mol. The van der Waals surface area contributed by atoms with E-state index in [-0.39, 0.29) is 0 Å². The third kappa shape index (κ3) is 3.00. The molecule has 0 bridgehead atoms. The summed E-state index contributed by atoms with van der Waals surface area (Å²) >= 11 is 5.82. The molecule has 24 heavy (non-hydrogen) atoms. The van der Waals surface area contributed by atoms with Gasteiger partial charge in [0, 0.05) is 16.5 Å². The fourth-order valence-corrected chi connectivity index (χ4v) is 2.91. The first-order valence-electron chi connectivity index (χ1n) is 7.85. The van der Waals surface area contributed by atoms with Gasteiger partial charge >= 0.3 is 0 Å². The number of fused-ring (bicyclic) bond motifs is 1. The van der Waals surface area contributed by atoms with Crippen LogP contribution in [0.25, 0.3) is 22.2 Å². The Hall–Kier alpha value is -2.39. The van der Waals surface area contributed by atoms with Crippen molar-refractivity contribution in [2.75, 3.05) is 6.61 Å². The summed E-state index contributed by atoms with van der Waals surface area (Å²) < 4.78 is 5.56. The van der Waals surface area contributed by atoms with E-state index in [0.717, 1.165) is 33.3 Å². The van der Waals surface area contributed by atoms with Crippen molar-refractivity contribution in [2.45, 2.75) is 20.8 Å². The number of aromatic nitrogens is 1. The number of pyridine rings is 1. The van der Waals surface area contributed by atoms with Crippen molar-refractivity contribution >= 4 is 27.7 Å². The highest BCUT2D eigenvalue weighted by Crippen LogP contribution is 2.30. The fourth-order valence-electron chi connectivity index (χ4n) is 2.75. The van der Waals surface area contributed by atoms with Crippen LogP contribution in [0.5, 0.6) is 5.75 Å². The number of carbonyl (C=O) groups excluding carboxylic acids is 1. The Labute approximate surface area is 146 Å². The van der Waals surface area contributed by atoms with E-state index in [1.807, 2.05) is 57.2 Å². The normalized spacial score (nSPS) is 10.8. The molecule has 0 spiro atoms. The summed E-state index contributed by atoms with van der Waals surface area (Å²) in [6.45, 7) is 6.57. The lowest BCUT2D eigenvalue weighted by Crippen LogP contribution is -1.98. The van der Waals surface area contributed by atoms with Gasteiger partial charge in [-0.3, -0.25) is 4.79 Å². The van der Waals surface area contributed by atoms with Crippen LogP contribution in [0.1, 0.15) is 28.4 Å². The second kappa shape index (κ2) is 6.62. The molecular weight excluding hydrogens is 322 g/mol. The van der Waals surface area contributed by atoms with Crippen molar-refractivity contribution in [3.8, 4) is 17.0 Å². The molecule has 0 fully saturated rings. The predicted molar refractivity (Wildman–Crippen MR) is 98.0 cm³/mol. The molecule has 2 aromatic carbocycles. The number of halogens is 1. The van der Waals surface area contributed by atoms with Crippen LogP contribution in [0.2, 0.25) is 0 Å². The number of aryl methyl sites for hydroxylation is 2. The standard InChI is InChI=1S/C20H18ClNO2/c1-4-24-15-7-5-6-14(10-15)18-11-17(20(21)23)16-9-8-12(2)13(3)19(16)22-18/h5-11H,4H2,1-3H3. The molecule has 4 heteroatoms. The van der Waals surface area contributed by atoms with E-state index < -0.39 is 5.24 Å². The van der Waals surface area contributed by atoms with Gasteiger partial charge in [-0.2, -0.15) is 0 Å². The van der Waals surface area contributed by atoms with Crippen LogP contribution in [0.4, 0.5) is 0 Å². The summed E-state index contributed by atoms with van der Waals surface area (Å²) in [5.74, 6) is 0.775. The quantitative estimate of drug-likeness (QED) is 0.606. The summed E-state index contributed by atoms with van der Waals surface area (Å²) in [5.41, 5.74) is 5.06. The largest absolute Gasteiger partial charge is 0.494 e. The van der Waals surface area contributed by atoms with Gasteiger partial charge in [0.2, 0.25) is 0 Å². The Morgan fingerprint density at radius 1 is 1.17 bits per heavy atom. The van der Waals surface area contributed by atoms with Crippen LogP contribution < -0.4 is 4.74 Å². The second-order valence-electron chi connectivity index (χ2n) is 5.69. The van der Waals surface area contributed by atoms with Crippen molar-refractivity contribution in [3.05, 3.63) is 59.2 Å². The van der Waals surface area contributed by atoms with E-state index in [1.54, 1.807) is 6.07 Å². The number of ether oxygens (including phenoxy) is 1. The molecule has 0 radical (unpaired) electrons.